The number of nitrogens with one attached hydrogen (secondary N) is 1. The number of piperazine rings is 1. The molecule has 204 valence electrons. The van der Waals surface area contributed by atoms with Crippen molar-refractivity contribution in [1.29, 1.82) is 0 Å². The molecule has 3 rings (SSSR count). The molecule has 1 aliphatic heterocycles. The van der Waals surface area contributed by atoms with E-state index < -0.39 is 22.2 Å². The first-order valence-electron chi connectivity index (χ1n) is 11.9. The van der Waals surface area contributed by atoms with Gasteiger partial charge in [-0.1, -0.05) is 49.4 Å². The fraction of sp³-hybridized carbons (Fsp3) is 0.440. The number of benzene rings is 2. The van der Waals surface area contributed by atoms with Gasteiger partial charge in [0.05, 0.1) is 4.90 Å². The fourth-order valence-electron chi connectivity index (χ4n) is 3.59. The molecule has 0 radical (unpaired) electrons. The van der Waals surface area contributed by atoms with E-state index in [2.05, 4.69) is 5.32 Å². The van der Waals surface area contributed by atoms with Gasteiger partial charge in [-0.25, -0.2) is 13.2 Å². The van der Waals surface area contributed by atoms with Crippen LogP contribution in [0.25, 0.3) is 0 Å². The summed E-state index contributed by atoms with van der Waals surface area (Å²) >= 11 is 0. The van der Waals surface area contributed by atoms with Gasteiger partial charge in [0.2, 0.25) is 15.9 Å². The van der Waals surface area contributed by atoms with E-state index in [1.54, 1.807) is 12.1 Å². The Labute approximate surface area is 215 Å². The highest BCUT2D eigenvalue weighted by Crippen LogP contribution is 2.18. The number of alkyl halides is 3. The summed E-state index contributed by atoms with van der Waals surface area (Å²) in [6.07, 6.45) is -3.42. The molecule has 2 aromatic carbocycles. The minimum Gasteiger partial charge on any atom is -0.475 e. The number of nitrogens with zero attached hydrogens (tertiary/aromatic N) is 2. The third kappa shape index (κ3) is 9.78. The van der Waals surface area contributed by atoms with Gasteiger partial charge in [0.15, 0.2) is 0 Å². The van der Waals surface area contributed by atoms with E-state index in [4.69, 9.17) is 9.90 Å². The SMILES string of the molecule is CCc1ccc(S(=O)(=O)N(CCC(=O)N2CCNCC2)CCc2ccccc2)cc1.O=C(O)C(F)(F)F. The van der Waals surface area contributed by atoms with Crippen LogP contribution in [0.3, 0.4) is 0 Å². The van der Waals surface area contributed by atoms with Crippen molar-refractivity contribution in [2.45, 2.75) is 37.3 Å². The molecule has 1 saturated heterocycles. The second kappa shape index (κ2) is 14.1. The van der Waals surface area contributed by atoms with Crippen LogP contribution >= 0.6 is 0 Å². The molecule has 2 aromatic rings. The number of carbonyl (C=O) groups excluding carboxylic acids is 1. The van der Waals surface area contributed by atoms with Crippen LogP contribution < -0.4 is 5.32 Å². The van der Waals surface area contributed by atoms with Gasteiger partial charge in [-0.05, 0) is 36.1 Å². The Morgan fingerprint density at radius 1 is 0.973 bits per heavy atom. The van der Waals surface area contributed by atoms with Crippen LogP contribution in [0.1, 0.15) is 24.5 Å². The maximum absolute atomic E-state index is 13.3. The number of halogens is 3. The van der Waals surface area contributed by atoms with E-state index in [-0.39, 0.29) is 23.8 Å². The minimum atomic E-state index is -5.08. The second-order valence-corrected chi connectivity index (χ2v) is 10.3. The zero-order valence-corrected chi connectivity index (χ0v) is 21.4. The molecule has 1 aliphatic rings. The lowest BCUT2D eigenvalue weighted by Crippen LogP contribution is -2.47. The lowest BCUT2D eigenvalue weighted by Gasteiger charge is -2.29. The van der Waals surface area contributed by atoms with Crippen LogP contribution in [0.2, 0.25) is 0 Å². The molecule has 37 heavy (non-hydrogen) atoms. The molecule has 0 spiro atoms. The summed E-state index contributed by atoms with van der Waals surface area (Å²) < 4.78 is 59.9. The van der Waals surface area contributed by atoms with E-state index in [1.165, 1.54) is 4.31 Å². The summed E-state index contributed by atoms with van der Waals surface area (Å²) in [7, 11) is -3.67. The first kappa shape index (κ1) is 30.3. The summed E-state index contributed by atoms with van der Waals surface area (Å²) in [6.45, 7) is 5.49. The molecule has 0 saturated carbocycles. The number of aryl methyl sites for hydroxylation is 1. The van der Waals surface area contributed by atoms with Crippen LogP contribution in [0, 0.1) is 0 Å². The molecule has 2 N–H and O–H groups in total. The van der Waals surface area contributed by atoms with Crippen LogP contribution in [0.15, 0.2) is 59.5 Å². The van der Waals surface area contributed by atoms with Gasteiger partial charge in [0.1, 0.15) is 0 Å². The molecule has 12 heteroatoms. The number of hydrogen-bond donors (Lipinski definition) is 2. The van der Waals surface area contributed by atoms with Gasteiger partial charge >= 0.3 is 12.1 Å². The van der Waals surface area contributed by atoms with Crippen molar-refractivity contribution in [2.75, 3.05) is 39.3 Å². The Balaban J connectivity index is 0.000000604. The average Bonchev–Trinajstić information content (AvgIpc) is 2.89. The highest BCUT2D eigenvalue weighted by molar-refractivity contribution is 7.89. The van der Waals surface area contributed by atoms with E-state index in [9.17, 15) is 26.4 Å². The number of hydrogen-bond acceptors (Lipinski definition) is 5. The largest absolute Gasteiger partial charge is 0.490 e. The van der Waals surface area contributed by atoms with Crippen molar-refractivity contribution >= 4 is 21.9 Å². The predicted octanol–water partition coefficient (Wildman–Crippen LogP) is 2.94. The maximum atomic E-state index is 13.3. The number of carboxylic acid groups (broad SMARTS) is 1. The van der Waals surface area contributed by atoms with E-state index in [1.807, 2.05) is 54.3 Å². The smallest absolute Gasteiger partial charge is 0.475 e. The zero-order valence-electron chi connectivity index (χ0n) is 20.6. The first-order chi connectivity index (χ1) is 17.4. The standard InChI is InChI=1S/C23H31N3O3S.C2HF3O2/c1-2-20-8-10-22(11-9-20)30(28,29)26(16-12-21-6-4-3-5-7-21)17-13-23(27)25-18-14-24-15-19-25;3-2(4,5)1(6)7/h3-11,24H,2,12-19H2,1H3;(H,6,7). The summed E-state index contributed by atoms with van der Waals surface area (Å²) in [4.78, 5) is 23.6. The minimum absolute atomic E-state index is 0.0118. The molecule has 0 bridgehead atoms. The second-order valence-electron chi connectivity index (χ2n) is 8.32. The Bertz CT molecular complexity index is 1100. The highest BCUT2D eigenvalue weighted by atomic mass is 32.2. The number of carboxylic acids is 1. The summed E-state index contributed by atoms with van der Waals surface area (Å²) in [5.74, 6) is -2.75. The van der Waals surface area contributed by atoms with Crippen LogP contribution in [0.5, 0.6) is 0 Å². The van der Waals surface area contributed by atoms with Gasteiger partial charge < -0.3 is 15.3 Å². The Morgan fingerprint density at radius 2 is 1.54 bits per heavy atom. The molecule has 0 aliphatic carbocycles. The zero-order chi connectivity index (χ0) is 27.5. The molecule has 1 fully saturated rings. The lowest BCUT2D eigenvalue weighted by atomic mass is 10.1. The van der Waals surface area contributed by atoms with E-state index in [0.29, 0.717) is 26.1 Å². The quantitative estimate of drug-likeness (QED) is 0.504. The molecular formula is C25H32F3N3O5S. The van der Waals surface area contributed by atoms with E-state index >= 15 is 0 Å². The predicted molar refractivity (Wildman–Crippen MR) is 132 cm³/mol. The van der Waals surface area contributed by atoms with Crippen molar-refractivity contribution in [3.8, 4) is 0 Å². The van der Waals surface area contributed by atoms with Crippen LogP contribution in [-0.4, -0.2) is 80.1 Å². The third-order valence-corrected chi connectivity index (χ3v) is 7.66. The first-order valence-corrected chi connectivity index (χ1v) is 13.3. The van der Waals surface area contributed by atoms with E-state index in [0.717, 1.165) is 30.6 Å². The van der Waals surface area contributed by atoms with Crippen molar-refractivity contribution in [1.82, 2.24) is 14.5 Å². The maximum Gasteiger partial charge on any atom is 0.490 e. The summed E-state index contributed by atoms with van der Waals surface area (Å²) in [5.41, 5.74) is 2.17. The normalized spacial score (nSPS) is 14.1. The van der Waals surface area contributed by atoms with Crippen molar-refractivity contribution in [2.24, 2.45) is 0 Å². The van der Waals surface area contributed by atoms with Gasteiger partial charge in [0, 0.05) is 45.7 Å². The molecule has 0 aromatic heterocycles. The molecular weight excluding hydrogens is 511 g/mol. The van der Waals surface area contributed by atoms with Crippen molar-refractivity contribution in [3.05, 3.63) is 65.7 Å². The Morgan fingerprint density at radius 3 is 2.05 bits per heavy atom. The fourth-order valence-corrected chi connectivity index (χ4v) is 5.03. The molecule has 0 unspecified atom stereocenters. The van der Waals surface area contributed by atoms with Gasteiger partial charge in [-0.15, -0.1) is 0 Å². The number of carbonyl (C=O) groups is 2. The van der Waals surface area contributed by atoms with Crippen molar-refractivity contribution < 1.29 is 36.3 Å². The number of sulfonamides is 1. The number of amides is 1. The van der Waals surface area contributed by atoms with Gasteiger partial charge in [-0.2, -0.15) is 17.5 Å². The van der Waals surface area contributed by atoms with Gasteiger partial charge in [0.25, 0.3) is 0 Å². The average molecular weight is 544 g/mol. The van der Waals surface area contributed by atoms with Crippen LogP contribution in [0.4, 0.5) is 13.2 Å². The molecule has 1 amide bonds. The molecule has 0 atom stereocenters. The highest BCUT2D eigenvalue weighted by Gasteiger charge is 2.38. The Kier molecular flexibility index (Phi) is 11.5. The number of rotatable bonds is 9. The van der Waals surface area contributed by atoms with Crippen molar-refractivity contribution in [3.63, 3.8) is 0 Å². The van der Waals surface area contributed by atoms with Crippen LogP contribution in [-0.2, 0) is 32.5 Å². The van der Waals surface area contributed by atoms with Gasteiger partial charge in [-0.3, -0.25) is 4.79 Å². The number of aliphatic carboxylic acids is 1. The third-order valence-electron chi connectivity index (χ3n) is 5.75. The summed E-state index contributed by atoms with van der Waals surface area (Å²) in [6, 6.07) is 16.9. The molecule has 1 heterocycles. The molecule has 8 nitrogen and oxygen atoms in total. The lowest BCUT2D eigenvalue weighted by molar-refractivity contribution is -0.192. The topological polar surface area (TPSA) is 107 Å². The monoisotopic (exact) mass is 543 g/mol. The summed E-state index contributed by atoms with van der Waals surface area (Å²) in [5, 5.41) is 10.4. The Hall–Kier alpha value is -2.96.